The highest BCUT2D eigenvalue weighted by molar-refractivity contribution is 5.32. The van der Waals surface area contributed by atoms with E-state index in [1.165, 1.54) is 5.57 Å². The van der Waals surface area contributed by atoms with Gasteiger partial charge in [-0.25, -0.2) is 0 Å². The van der Waals surface area contributed by atoms with Crippen molar-refractivity contribution in [2.45, 2.75) is 18.9 Å². The SMILES string of the molecule is NC1C=CC(C2C=CC=CC2)=CC1. The summed E-state index contributed by atoms with van der Waals surface area (Å²) in [6, 6.07) is 0.229. The molecule has 0 bridgehead atoms. The Labute approximate surface area is 79.3 Å². The van der Waals surface area contributed by atoms with Crippen LogP contribution in [0.4, 0.5) is 0 Å². The molecule has 2 unspecified atom stereocenters. The second-order valence-electron chi connectivity index (χ2n) is 3.62. The van der Waals surface area contributed by atoms with Gasteiger partial charge in [0.2, 0.25) is 0 Å². The van der Waals surface area contributed by atoms with Crippen molar-refractivity contribution in [1.82, 2.24) is 0 Å². The average Bonchev–Trinajstić information content (AvgIpc) is 2.20. The zero-order valence-electron chi connectivity index (χ0n) is 7.69. The predicted octanol–water partition coefficient (Wildman–Crippen LogP) is 2.33. The third kappa shape index (κ3) is 1.99. The maximum Gasteiger partial charge on any atom is 0.0262 e. The van der Waals surface area contributed by atoms with Crippen molar-refractivity contribution >= 4 is 0 Å². The highest BCUT2D eigenvalue weighted by atomic mass is 14.6. The Morgan fingerprint density at radius 3 is 2.69 bits per heavy atom. The first-order valence-electron chi connectivity index (χ1n) is 4.83. The third-order valence-corrected chi connectivity index (χ3v) is 2.57. The molecule has 0 saturated heterocycles. The zero-order valence-corrected chi connectivity index (χ0v) is 7.69. The van der Waals surface area contributed by atoms with Crippen LogP contribution in [0.15, 0.2) is 48.1 Å². The minimum atomic E-state index is 0.229. The van der Waals surface area contributed by atoms with Crippen molar-refractivity contribution in [1.29, 1.82) is 0 Å². The summed E-state index contributed by atoms with van der Waals surface area (Å²) in [6.45, 7) is 0. The minimum Gasteiger partial charge on any atom is -0.324 e. The normalized spacial score (nSPS) is 31.9. The Morgan fingerprint density at radius 2 is 2.08 bits per heavy atom. The Morgan fingerprint density at radius 1 is 1.15 bits per heavy atom. The van der Waals surface area contributed by atoms with Gasteiger partial charge in [0.1, 0.15) is 0 Å². The Balaban J connectivity index is 2.06. The fourth-order valence-corrected chi connectivity index (χ4v) is 1.76. The van der Waals surface area contributed by atoms with Crippen molar-refractivity contribution in [3.05, 3.63) is 48.1 Å². The van der Waals surface area contributed by atoms with Crippen LogP contribution in [-0.4, -0.2) is 6.04 Å². The Kier molecular flexibility index (Phi) is 2.46. The number of hydrogen-bond donors (Lipinski definition) is 1. The minimum absolute atomic E-state index is 0.229. The first-order chi connectivity index (χ1) is 6.36. The van der Waals surface area contributed by atoms with E-state index < -0.39 is 0 Å². The van der Waals surface area contributed by atoms with Gasteiger partial charge in [0.25, 0.3) is 0 Å². The molecular formula is C12H15N. The van der Waals surface area contributed by atoms with Crippen molar-refractivity contribution in [2.24, 2.45) is 11.7 Å². The zero-order chi connectivity index (χ0) is 9.10. The number of allylic oxidation sites excluding steroid dienone is 6. The van der Waals surface area contributed by atoms with E-state index in [2.05, 4.69) is 42.5 Å². The van der Waals surface area contributed by atoms with E-state index in [4.69, 9.17) is 5.73 Å². The molecule has 2 aliphatic carbocycles. The first-order valence-corrected chi connectivity index (χ1v) is 4.83. The van der Waals surface area contributed by atoms with E-state index >= 15 is 0 Å². The molecule has 0 spiro atoms. The molecule has 0 amide bonds. The summed E-state index contributed by atoms with van der Waals surface area (Å²) < 4.78 is 0. The van der Waals surface area contributed by atoms with Crippen LogP contribution in [0, 0.1) is 5.92 Å². The van der Waals surface area contributed by atoms with E-state index in [0.717, 1.165) is 12.8 Å². The van der Waals surface area contributed by atoms with Crippen LogP contribution in [0.5, 0.6) is 0 Å². The van der Waals surface area contributed by atoms with Crippen LogP contribution < -0.4 is 5.73 Å². The molecule has 2 aliphatic rings. The molecule has 68 valence electrons. The lowest BCUT2D eigenvalue weighted by molar-refractivity contribution is 0.744. The van der Waals surface area contributed by atoms with Gasteiger partial charge in [-0.15, -0.1) is 0 Å². The van der Waals surface area contributed by atoms with Gasteiger partial charge in [-0.05, 0) is 18.4 Å². The van der Waals surface area contributed by atoms with Crippen molar-refractivity contribution < 1.29 is 0 Å². The van der Waals surface area contributed by atoms with Gasteiger partial charge in [-0.2, -0.15) is 0 Å². The maximum atomic E-state index is 5.76. The van der Waals surface area contributed by atoms with Gasteiger partial charge in [-0.3, -0.25) is 0 Å². The highest BCUT2D eigenvalue weighted by Gasteiger charge is 2.12. The molecular weight excluding hydrogens is 158 g/mol. The number of hydrogen-bond acceptors (Lipinski definition) is 1. The first kappa shape index (κ1) is 8.52. The monoisotopic (exact) mass is 173 g/mol. The Bertz CT molecular complexity index is 294. The molecule has 13 heavy (non-hydrogen) atoms. The van der Waals surface area contributed by atoms with E-state index in [-0.39, 0.29) is 6.04 Å². The summed E-state index contributed by atoms with van der Waals surface area (Å²) in [6.07, 6.45) is 17.3. The lowest BCUT2D eigenvalue weighted by Gasteiger charge is -2.18. The second kappa shape index (κ2) is 3.75. The standard InChI is InChI=1S/C12H15N/c13-12-8-6-11(7-9-12)10-4-2-1-3-5-10/h1-4,6-8,10,12H,5,9,13H2. The van der Waals surface area contributed by atoms with Gasteiger partial charge < -0.3 is 5.73 Å². The molecule has 0 aliphatic heterocycles. The molecule has 2 N–H and O–H groups in total. The number of nitrogens with two attached hydrogens (primary N) is 1. The summed E-state index contributed by atoms with van der Waals surface area (Å²) in [7, 11) is 0. The van der Waals surface area contributed by atoms with E-state index in [9.17, 15) is 0 Å². The molecule has 0 aromatic rings. The summed E-state index contributed by atoms with van der Waals surface area (Å²) in [5.74, 6) is 0.578. The second-order valence-corrected chi connectivity index (χ2v) is 3.62. The molecule has 2 atom stereocenters. The van der Waals surface area contributed by atoms with Crippen LogP contribution in [0.1, 0.15) is 12.8 Å². The van der Waals surface area contributed by atoms with Gasteiger partial charge in [-0.1, -0.05) is 42.5 Å². The molecule has 1 heteroatoms. The lowest BCUT2D eigenvalue weighted by atomic mass is 9.88. The predicted molar refractivity (Wildman–Crippen MR) is 56.2 cm³/mol. The van der Waals surface area contributed by atoms with E-state index in [1.807, 2.05) is 0 Å². The third-order valence-electron chi connectivity index (χ3n) is 2.57. The summed E-state index contributed by atoms with van der Waals surface area (Å²) in [4.78, 5) is 0. The smallest absolute Gasteiger partial charge is 0.0262 e. The molecule has 0 saturated carbocycles. The van der Waals surface area contributed by atoms with Crippen LogP contribution in [0.2, 0.25) is 0 Å². The van der Waals surface area contributed by atoms with Gasteiger partial charge in [0.15, 0.2) is 0 Å². The van der Waals surface area contributed by atoms with Crippen molar-refractivity contribution in [2.75, 3.05) is 0 Å². The van der Waals surface area contributed by atoms with Crippen LogP contribution in [0.25, 0.3) is 0 Å². The molecule has 0 aromatic heterocycles. The van der Waals surface area contributed by atoms with Crippen molar-refractivity contribution in [3.8, 4) is 0 Å². The maximum absolute atomic E-state index is 5.76. The topological polar surface area (TPSA) is 26.0 Å². The fourth-order valence-electron chi connectivity index (χ4n) is 1.76. The molecule has 2 rings (SSSR count). The quantitative estimate of drug-likeness (QED) is 0.647. The largest absolute Gasteiger partial charge is 0.324 e. The molecule has 0 heterocycles. The number of rotatable bonds is 1. The Hall–Kier alpha value is -1.08. The molecule has 0 aromatic carbocycles. The van der Waals surface area contributed by atoms with Gasteiger partial charge in [0, 0.05) is 12.0 Å². The fraction of sp³-hybridized carbons (Fsp3) is 0.333. The summed E-state index contributed by atoms with van der Waals surface area (Å²) in [5.41, 5.74) is 7.18. The van der Waals surface area contributed by atoms with E-state index in [0.29, 0.717) is 5.92 Å². The molecule has 0 fully saturated rings. The van der Waals surface area contributed by atoms with Crippen molar-refractivity contribution in [3.63, 3.8) is 0 Å². The van der Waals surface area contributed by atoms with Crippen LogP contribution in [0.3, 0.4) is 0 Å². The molecule has 0 radical (unpaired) electrons. The average molecular weight is 173 g/mol. The van der Waals surface area contributed by atoms with Gasteiger partial charge >= 0.3 is 0 Å². The summed E-state index contributed by atoms with van der Waals surface area (Å²) >= 11 is 0. The lowest BCUT2D eigenvalue weighted by Crippen LogP contribution is -2.18. The van der Waals surface area contributed by atoms with Crippen LogP contribution >= 0.6 is 0 Å². The summed E-state index contributed by atoms with van der Waals surface area (Å²) in [5, 5.41) is 0. The van der Waals surface area contributed by atoms with E-state index in [1.54, 1.807) is 0 Å². The van der Waals surface area contributed by atoms with Gasteiger partial charge in [0.05, 0.1) is 0 Å². The van der Waals surface area contributed by atoms with Crippen LogP contribution in [-0.2, 0) is 0 Å². The molecule has 1 nitrogen and oxygen atoms in total. The highest BCUT2D eigenvalue weighted by Crippen LogP contribution is 2.24.